The fourth-order valence-corrected chi connectivity index (χ4v) is 3.88. The zero-order valence-corrected chi connectivity index (χ0v) is 15.0. The average Bonchev–Trinajstić information content (AvgIpc) is 3.10. The van der Waals surface area contributed by atoms with Crippen molar-refractivity contribution in [2.45, 2.75) is 12.0 Å². The molecular formula is C19H20FN5O2. The summed E-state index contributed by atoms with van der Waals surface area (Å²) in [5, 5.41) is 0. The second-order valence-corrected chi connectivity index (χ2v) is 7.11. The summed E-state index contributed by atoms with van der Waals surface area (Å²) in [6, 6.07) is 6.06. The summed E-state index contributed by atoms with van der Waals surface area (Å²) in [6.45, 7) is 1.70. The van der Waals surface area contributed by atoms with Gasteiger partial charge in [0.1, 0.15) is 11.5 Å². The number of anilines is 1. The fraction of sp³-hybridized carbons (Fsp3) is 0.368. The van der Waals surface area contributed by atoms with E-state index >= 15 is 0 Å². The number of nitrogens with zero attached hydrogens (tertiary/aromatic N) is 5. The molecule has 0 unspecified atom stereocenters. The van der Waals surface area contributed by atoms with Crippen molar-refractivity contribution in [2.24, 2.45) is 0 Å². The zero-order valence-electron chi connectivity index (χ0n) is 15.0. The van der Waals surface area contributed by atoms with Gasteiger partial charge in [0, 0.05) is 37.7 Å². The molecule has 140 valence electrons. The number of halogens is 1. The molecule has 1 aromatic heterocycles. The fourth-order valence-electron chi connectivity index (χ4n) is 3.88. The van der Waals surface area contributed by atoms with Gasteiger partial charge in [0.25, 0.3) is 5.91 Å². The molecule has 1 aromatic carbocycles. The minimum absolute atomic E-state index is 0.0765. The van der Waals surface area contributed by atoms with Crippen LogP contribution in [0.1, 0.15) is 16.9 Å². The van der Waals surface area contributed by atoms with Crippen LogP contribution in [0, 0.1) is 5.82 Å². The maximum Gasteiger partial charge on any atom is 0.274 e. The standard InChI is InChI=1S/C19H20FN5O2/c1-23-11-17(26)25(15-4-2-3-14(20)9-15)13-19(23)5-8-24(12-19)18(27)16-10-21-6-7-22-16/h2-4,6-7,9-10H,5,8,11-13H2,1H3/t19-/m0/s1. The molecule has 4 rings (SSSR count). The highest BCUT2D eigenvalue weighted by atomic mass is 19.1. The number of hydrogen-bond acceptors (Lipinski definition) is 5. The number of benzene rings is 1. The van der Waals surface area contributed by atoms with Crippen LogP contribution >= 0.6 is 0 Å². The number of likely N-dealkylation sites (tertiary alicyclic amines) is 1. The van der Waals surface area contributed by atoms with Crippen molar-refractivity contribution < 1.29 is 14.0 Å². The van der Waals surface area contributed by atoms with E-state index in [1.165, 1.54) is 30.7 Å². The first kappa shape index (κ1) is 17.5. The summed E-state index contributed by atoms with van der Waals surface area (Å²) in [5.74, 6) is -0.617. The summed E-state index contributed by atoms with van der Waals surface area (Å²) in [5.41, 5.74) is 0.496. The third-order valence-electron chi connectivity index (χ3n) is 5.46. The SMILES string of the molecule is CN1CC(=O)N(c2cccc(F)c2)C[C@@]12CCN(C(=O)c1cnccn1)C2. The second kappa shape index (κ2) is 6.70. The van der Waals surface area contributed by atoms with E-state index in [4.69, 9.17) is 0 Å². The summed E-state index contributed by atoms with van der Waals surface area (Å²) < 4.78 is 13.6. The second-order valence-electron chi connectivity index (χ2n) is 7.11. The molecule has 7 nitrogen and oxygen atoms in total. The van der Waals surface area contributed by atoms with E-state index < -0.39 is 0 Å². The highest BCUT2D eigenvalue weighted by Gasteiger charge is 2.48. The highest BCUT2D eigenvalue weighted by Crippen LogP contribution is 2.34. The number of carbonyl (C=O) groups excluding carboxylic acids is 2. The van der Waals surface area contributed by atoms with Crippen molar-refractivity contribution in [1.82, 2.24) is 19.8 Å². The van der Waals surface area contributed by atoms with E-state index in [1.54, 1.807) is 21.9 Å². The van der Waals surface area contributed by atoms with Crippen molar-refractivity contribution in [3.05, 3.63) is 54.4 Å². The molecule has 0 bridgehead atoms. The van der Waals surface area contributed by atoms with E-state index in [9.17, 15) is 14.0 Å². The maximum atomic E-state index is 13.6. The van der Waals surface area contributed by atoms with Crippen molar-refractivity contribution in [2.75, 3.05) is 38.1 Å². The Kier molecular flexibility index (Phi) is 4.35. The largest absolute Gasteiger partial charge is 0.335 e. The topological polar surface area (TPSA) is 69.6 Å². The molecule has 2 amide bonds. The highest BCUT2D eigenvalue weighted by molar-refractivity contribution is 5.96. The maximum absolute atomic E-state index is 13.6. The van der Waals surface area contributed by atoms with E-state index in [2.05, 4.69) is 9.97 Å². The van der Waals surface area contributed by atoms with Gasteiger partial charge in [-0.15, -0.1) is 0 Å². The minimum atomic E-state index is -0.376. The summed E-state index contributed by atoms with van der Waals surface area (Å²) >= 11 is 0. The van der Waals surface area contributed by atoms with Gasteiger partial charge in [-0.25, -0.2) is 9.37 Å². The third kappa shape index (κ3) is 3.16. The third-order valence-corrected chi connectivity index (χ3v) is 5.46. The summed E-state index contributed by atoms with van der Waals surface area (Å²) in [7, 11) is 1.90. The predicted molar refractivity (Wildman–Crippen MR) is 96.7 cm³/mol. The van der Waals surface area contributed by atoms with Crippen LogP contribution in [0.2, 0.25) is 0 Å². The van der Waals surface area contributed by atoms with E-state index in [1.807, 2.05) is 11.9 Å². The first-order chi connectivity index (χ1) is 13.0. The number of likely N-dealkylation sites (N-methyl/N-ethyl adjacent to an activating group) is 1. The molecule has 27 heavy (non-hydrogen) atoms. The molecule has 2 aromatic rings. The smallest absolute Gasteiger partial charge is 0.274 e. The van der Waals surface area contributed by atoms with Crippen LogP contribution in [0.5, 0.6) is 0 Å². The number of rotatable bonds is 2. The van der Waals surface area contributed by atoms with Crippen LogP contribution in [0.4, 0.5) is 10.1 Å². The number of carbonyl (C=O) groups is 2. The summed E-state index contributed by atoms with van der Waals surface area (Å²) in [6.07, 6.45) is 5.21. The molecule has 8 heteroatoms. The van der Waals surface area contributed by atoms with Gasteiger partial charge in [-0.2, -0.15) is 0 Å². The molecule has 0 saturated carbocycles. The van der Waals surface area contributed by atoms with Crippen LogP contribution in [-0.4, -0.2) is 70.3 Å². The molecule has 2 fully saturated rings. The molecule has 2 aliphatic rings. The Hall–Kier alpha value is -2.87. The number of hydrogen-bond donors (Lipinski definition) is 0. The minimum Gasteiger partial charge on any atom is -0.335 e. The zero-order chi connectivity index (χ0) is 19.0. The number of piperazine rings is 1. The number of amides is 2. The van der Waals surface area contributed by atoms with Crippen molar-refractivity contribution >= 4 is 17.5 Å². The van der Waals surface area contributed by atoms with Crippen LogP contribution in [0.15, 0.2) is 42.9 Å². The molecule has 2 aliphatic heterocycles. The Bertz CT molecular complexity index is 877. The molecule has 3 heterocycles. The van der Waals surface area contributed by atoms with Gasteiger partial charge < -0.3 is 9.80 Å². The molecule has 0 radical (unpaired) electrons. The Labute approximate surface area is 156 Å². The van der Waals surface area contributed by atoms with Crippen LogP contribution in [0.25, 0.3) is 0 Å². The molecule has 1 atom stereocenters. The average molecular weight is 369 g/mol. The Balaban J connectivity index is 1.57. The molecule has 1 spiro atoms. The first-order valence-corrected chi connectivity index (χ1v) is 8.81. The van der Waals surface area contributed by atoms with Crippen LogP contribution in [-0.2, 0) is 4.79 Å². The lowest BCUT2D eigenvalue weighted by Gasteiger charge is -2.46. The molecule has 0 aliphatic carbocycles. The quantitative estimate of drug-likeness (QED) is 0.795. The lowest BCUT2D eigenvalue weighted by molar-refractivity contribution is -0.123. The molecule has 0 N–H and O–H groups in total. The predicted octanol–water partition coefficient (Wildman–Crippen LogP) is 1.18. The van der Waals surface area contributed by atoms with Gasteiger partial charge in [0.2, 0.25) is 5.91 Å². The van der Waals surface area contributed by atoms with E-state index in [0.717, 1.165) is 6.42 Å². The van der Waals surface area contributed by atoms with Gasteiger partial charge in [-0.05, 0) is 31.7 Å². The van der Waals surface area contributed by atoms with Gasteiger partial charge in [0.05, 0.1) is 18.3 Å². The lowest BCUT2D eigenvalue weighted by Crippen LogP contribution is -2.64. The monoisotopic (exact) mass is 369 g/mol. The lowest BCUT2D eigenvalue weighted by atomic mass is 9.92. The van der Waals surface area contributed by atoms with Crippen LogP contribution < -0.4 is 4.90 Å². The van der Waals surface area contributed by atoms with E-state index in [0.29, 0.717) is 31.0 Å². The Morgan fingerprint density at radius 1 is 1.26 bits per heavy atom. The van der Waals surface area contributed by atoms with Crippen molar-refractivity contribution in [3.8, 4) is 0 Å². The van der Waals surface area contributed by atoms with Gasteiger partial charge in [-0.3, -0.25) is 19.5 Å². The summed E-state index contributed by atoms with van der Waals surface area (Å²) in [4.78, 5) is 38.7. The molecular weight excluding hydrogens is 349 g/mol. The Morgan fingerprint density at radius 3 is 2.85 bits per heavy atom. The van der Waals surface area contributed by atoms with Crippen molar-refractivity contribution in [1.29, 1.82) is 0 Å². The first-order valence-electron chi connectivity index (χ1n) is 8.81. The van der Waals surface area contributed by atoms with Gasteiger partial charge in [0.15, 0.2) is 0 Å². The van der Waals surface area contributed by atoms with Crippen LogP contribution in [0.3, 0.4) is 0 Å². The van der Waals surface area contributed by atoms with E-state index in [-0.39, 0.29) is 29.7 Å². The normalized spacial score (nSPS) is 23.3. The molecule has 2 saturated heterocycles. The van der Waals surface area contributed by atoms with Crippen molar-refractivity contribution in [3.63, 3.8) is 0 Å². The van der Waals surface area contributed by atoms with Gasteiger partial charge in [-0.1, -0.05) is 6.07 Å². The van der Waals surface area contributed by atoms with Gasteiger partial charge >= 0.3 is 0 Å². The Morgan fingerprint density at radius 2 is 2.11 bits per heavy atom. The number of aromatic nitrogens is 2.